The van der Waals surface area contributed by atoms with E-state index >= 15 is 0 Å². The third kappa shape index (κ3) is 1.73. The van der Waals surface area contributed by atoms with Crippen molar-refractivity contribution in [3.05, 3.63) is 47.1 Å². The second-order valence-corrected chi connectivity index (χ2v) is 3.59. The molecule has 0 atom stereocenters. The molecule has 1 nitrogen and oxygen atoms in total. The summed E-state index contributed by atoms with van der Waals surface area (Å²) in [6.07, 6.45) is 2.99. The van der Waals surface area contributed by atoms with Crippen molar-refractivity contribution in [2.45, 2.75) is 13.3 Å². The topological polar surface area (TPSA) is 13.1 Å². The Bertz CT molecular complexity index is 602. The van der Waals surface area contributed by atoms with Crippen LogP contribution in [0.2, 0.25) is 0 Å². The fourth-order valence-corrected chi connectivity index (χ4v) is 1.58. The molecule has 0 unspecified atom stereocenters. The molecule has 0 amide bonds. The van der Waals surface area contributed by atoms with Crippen LogP contribution in [0.25, 0.3) is 23.6 Å². The molecule has 0 aliphatic rings. The van der Waals surface area contributed by atoms with Crippen LogP contribution in [0.1, 0.15) is 13.3 Å². The van der Waals surface area contributed by atoms with Crippen LogP contribution in [-0.4, -0.2) is 0 Å². The normalized spacial score (nSPS) is 12.2. The van der Waals surface area contributed by atoms with Crippen molar-refractivity contribution < 1.29 is 4.42 Å². The first-order valence-electron chi connectivity index (χ1n) is 5.08. The van der Waals surface area contributed by atoms with Gasteiger partial charge in [0, 0.05) is 10.6 Å². The van der Waals surface area contributed by atoms with Crippen LogP contribution in [0.15, 0.2) is 40.8 Å². The first kappa shape index (κ1) is 9.78. The molecule has 1 aromatic heterocycles. The molecule has 0 N–H and O–H groups in total. The number of furan rings is 1. The predicted octanol–water partition coefficient (Wildman–Crippen LogP) is 2.59. The monoisotopic (exact) mass is 198 g/mol. The predicted molar refractivity (Wildman–Crippen MR) is 64.9 cm³/mol. The Balaban J connectivity index is 2.80. The van der Waals surface area contributed by atoms with Crippen LogP contribution in [0, 0.1) is 0 Å². The van der Waals surface area contributed by atoms with Crippen molar-refractivity contribution >= 4 is 23.6 Å². The second kappa shape index (κ2) is 3.77. The van der Waals surface area contributed by atoms with Gasteiger partial charge in [-0.05, 0) is 18.6 Å². The lowest BCUT2D eigenvalue weighted by atomic mass is 10.1. The maximum Gasteiger partial charge on any atom is 0.135 e. The summed E-state index contributed by atoms with van der Waals surface area (Å²) in [7, 11) is 0. The van der Waals surface area contributed by atoms with E-state index in [1.54, 1.807) is 0 Å². The van der Waals surface area contributed by atoms with Crippen molar-refractivity contribution in [2.24, 2.45) is 0 Å². The average Bonchev–Trinajstić information content (AvgIpc) is 2.55. The van der Waals surface area contributed by atoms with Gasteiger partial charge >= 0.3 is 0 Å². The first-order valence-corrected chi connectivity index (χ1v) is 5.08. The van der Waals surface area contributed by atoms with Gasteiger partial charge in [0.15, 0.2) is 0 Å². The quantitative estimate of drug-likeness (QED) is 0.723. The van der Waals surface area contributed by atoms with Gasteiger partial charge in [0.25, 0.3) is 0 Å². The Morgan fingerprint density at radius 2 is 2.13 bits per heavy atom. The molecule has 76 valence electrons. The fraction of sp³-hybridized carbons (Fsp3) is 0.143. The molecule has 0 aliphatic heterocycles. The molecule has 1 heterocycles. The lowest BCUT2D eigenvalue weighted by Gasteiger charge is -1.89. The Morgan fingerprint density at radius 1 is 1.40 bits per heavy atom. The smallest absolute Gasteiger partial charge is 0.135 e. The van der Waals surface area contributed by atoms with E-state index in [-0.39, 0.29) is 0 Å². The highest BCUT2D eigenvalue weighted by Crippen LogP contribution is 2.07. The van der Waals surface area contributed by atoms with Crippen molar-refractivity contribution in [2.75, 3.05) is 0 Å². The van der Waals surface area contributed by atoms with Gasteiger partial charge in [-0.25, -0.2) is 0 Å². The average molecular weight is 198 g/mol. The third-order valence-corrected chi connectivity index (χ3v) is 2.51. The summed E-state index contributed by atoms with van der Waals surface area (Å²) in [6.45, 7) is 9.96. The SMILES string of the molecule is C=C(/C=c1\c(=C)oc2ccccc12)CC. The van der Waals surface area contributed by atoms with Gasteiger partial charge in [-0.3, -0.25) is 0 Å². The van der Waals surface area contributed by atoms with Crippen LogP contribution in [0.4, 0.5) is 0 Å². The van der Waals surface area contributed by atoms with Crippen molar-refractivity contribution in [1.82, 2.24) is 0 Å². The lowest BCUT2D eigenvalue weighted by molar-refractivity contribution is 0.577. The summed E-state index contributed by atoms with van der Waals surface area (Å²) in [4.78, 5) is 0. The van der Waals surface area contributed by atoms with E-state index in [1.807, 2.05) is 30.3 Å². The number of para-hydroxylation sites is 1. The number of hydrogen-bond acceptors (Lipinski definition) is 1. The molecule has 1 heteroatoms. The maximum absolute atomic E-state index is 5.56. The fourth-order valence-electron chi connectivity index (χ4n) is 1.58. The third-order valence-electron chi connectivity index (χ3n) is 2.51. The van der Waals surface area contributed by atoms with Gasteiger partial charge in [0.2, 0.25) is 0 Å². The van der Waals surface area contributed by atoms with E-state index in [4.69, 9.17) is 4.42 Å². The molecule has 15 heavy (non-hydrogen) atoms. The van der Waals surface area contributed by atoms with E-state index in [1.165, 1.54) is 0 Å². The summed E-state index contributed by atoms with van der Waals surface area (Å²) in [6, 6.07) is 7.96. The number of rotatable bonds is 2. The number of hydrogen-bond donors (Lipinski definition) is 0. The Morgan fingerprint density at radius 3 is 2.87 bits per heavy atom. The molecule has 0 saturated carbocycles. The zero-order chi connectivity index (χ0) is 10.8. The Hall–Kier alpha value is -1.76. The van der Waals surface area contributed by atoms with Gasteiger partial charge in [0.05, 0.1) is 0 Å². The minimum atomic E-state index is 0.714. The van der Waals surface area contributed by atoms with Crippen molar-refractivity contribution in [3.63, 3.8) is 0 Å². The van der Waals surface area contributed by atoms with Crippen LogP contribution >= 0.6 is 0 Å². The summed E-state index contributed by atoms with van der Waals surface area (Å²) < 4.78 is 5.56. The molecular weight excluding hydrogens is 184 g/mol. The van der Waals surface area contributed by atoms with Crippen molar-refractivity contribution in [1.29, 1.82) is 0 Å². The van der Waals surface area contributed by atoms with Gasteiger partial charge in [-0.2, -0.15) is 0 Å². The molecule has 0 fully saturated rings. The maximum atomic E-state index is 5.56. The van der Waals surface area contributed by atoms with E-state index in [2.05, 4.69) is 20.1 Å². The zero-order valence-corrected chi connectivity index (χ0v) is 8.92. The van der Waals surface area contributed by atoms with Crippen LogP contribution < -0.4 is 10.6 Å². The molecule has 0 saturated heterocycles. The number of fused-ring (bicyclic) bond motifs is 1. The first-order chi connectivity index (χ1) is 7.22. The Labute approximate surface area is 89.0 Å². The summed E-state index contributed by atoms with van der Waals surface area (Å²) in [5.41, 5.74) is 2.69. The number of allylic oxidation sites excluding steroid dienone is 1. The molecule has 0 spiro atoms. The lowest BCUT2D eigenvalue weighted by Crippen LogP contribution is -2.18. The largest absolute Gasteiger partial charge is 0.457 e. The molecule has 0 bridgehead atoms. The summed E-state index contributed by atoms with van der Waals surface area (Å²) in [5.74, 6) is 0. The molecule has 2 aromatic rings. The minimum absolute atomic E-state index is 0.714. The van der Waals surface area contributed by atoms with Gasteiger partial charge in [-0.1, -0.05) is 43.9 Å². The van der Waals surface area contributed by atoms with E-state index in [9.17, 15) is 0 Å². The minimum Gasteiger partial charge on any atom is -0.457 e. The second-order valence-electron chi connectivity index (χ2n) is 3.59. The van der Waals surface area contributed by atoms with Crippen LogP contribution in [-0.2, 0) is 0 Å². The molecule has 1 aromatic carbocycles. The number of benzene rings is 1. The van der Waals surface area contributed by atoms with Crippen LogP contribution in [0.5, 0.6) is 0 Å². The van der Waals surface area contributed by atoms with E-state index in [0.29, 0.717) is 5.42 Å². The highest BCUT2D eigenvalue weighted by atomic mass is 16.3. The Kier molecular flexibility index (Phi) is 2.46. The molecule has 2 rings (SSSR count). The van der Waals surface area contributed by atoms with Gasteiger partial charge < -0.3 is 4.42 Å². The zero-order valence-electron chi connectivity index (χ0n) is 8.92. The molecule has 0 radical (unpaired) electrons. The summed E-state index contributed by atoms with van der Waals surface area (Å²) >= 11 is 0. The van der Waals surface area contributed by atoms with E-state index < -0.39 is 0 Å². The molecule has 0 aliphatic carbocycles. The highest BCUT2D eigenvalue weighted by Gasteiger charge is 1.99. The van der Waals surface area contributed by atoms with Gasteiger partial charge in [-0.15, -0.1) is 0 Å². The standard InChI is InChI=1S/C14H14O/c1-4-10(2)9-13-11(3)15-14-8-6-5-7-12(13)14/h5-9H,2-4H2,1H3/b13-9+. The van der Waals surface area contributed by atoms with Gasteiger partial charge in [0.1, 0.15) is 11.0 Å². The summed E-state index contributed by atoms with van der Waals surface area (Å²) in [5, 5.41) is 2.16. The van der Waals surface area contributed by atoms with Crippen molar-refractivity contribution in [3.8, 4) is 0 Å². The molecular formula is C14H14O. The van der Waals surface area contributed by atoms with Crippen LogP contribution in [0.3, 0.4) is 0 Å². The van der Waals surface area contributed by atoms with E-state index in [0.717, 1.165) is 28.2 Å². The highest BCUT2D eigenvalue weighted by molar-refractivity contribution is 5.79.